The van der Waals surface area contributed by atoms with Crippen molar-refractivity contribution in [2.24, 2.45) is 0 Å². The first-order chi connectivity index (χ1) is 11.8. The lowest BCUT2D eigenvalue weighted by Crippen LogP contribution is -2.55. The molecule has 4 rings (SSSR count). The van der Waals surface area contributed by atoms with E-state index < -0.39 is 18.7 Å². The molecule has 0 spiro atoms. The van der Waals surface area contributed by atoms with E-state index >= 15 is 0 Å². The molecule has 5 atom stereocenters. The molecule has 126 valence electrons. The van der Waals surface area contributed by atoms with Crippen LogP contribution in [0.5, 0.6) is 0 Å². The minimum Gasteiger partial charge on any atom is -0.394 e. The highest BCUT2D eigenvalue weighted by molar-refractivity contribution is 5.18. The largest absolute Gasteiger partial charge is 0.394 e. The Hall–Kier alpha value is -1.76. The normalized spacial score (nSPS) is 33.0. The first-order valence-corrected chi connectivity index (χ1v) is 8.14. The van der Waals surface area contributed by atoms with Gasteiger partial charge in [0.2, 0.25) is 0 Å². The van der Waals surface area contributed by atoms with Gasteiger partial charge in [-0.1, -0.05) is 60.7 Å². The van der Waals surface area contributed by atoms with Crippen LogP contribution in [-0.4, -0.2) is 36.6 Å². The van der Waals surface area contributed by atoms with Gasteiger partial charge in [0.15, 0.2) is 12.6 Å². The lowest BCUT2D eigenvalue weighted by molar-refractivity contribution is -0.366. The molecule has 2 aromatic carbocycles. The first kappa shape index (κ1) is 15.7. The highest BCUT2D eigenvalue weighted by atomic mass is 16.8. The zero-order valence-corrected chi connectivity index (χ0v) is 13.2. The number of benzene rings is 2. The molecule has 2 aliphatic heterocycles. The van der Waals surface area contributed by atoms with E-state index in [2.05, 4.69) is 0 Å². The molecule has 2 saturated heterocycles. The van der Waals surface area contributed by atoms with Crippen molar-refractivity contribution in [2.75, 3.05) is 13.2 Å². The molecule has 0 aliphatic carbocycles. The van der Waals surface area contributed by atoms with Gasteiger partial charge in [0.05, 0.1) is 13.2 Å². The Labute approximate surface area is 140 Å². The average molecular weight is 328 g/mol. The van der Waals surface area contributed by atoms with Crippen molar-refractivity contribution in [3.8, 4) is 0 Å². The van der Waals surface area contributed by atoms with Crippen molar-refractivity contribution < 1.29 is 24.1 Å². The second-order valence-corrected chi connectivity index (χ2v) is 5.95. The van der Waals surface area contributed by atoms with Gasteiger partial charge in [0, 0.05) is 11.1 Å². The van der Waals surface area contributed by atoms with Gasteiger partial charge in [0.25, 0.3) is 0 Å². The Bertz CT molecular complexity index is 639. The predicted molar refractivity (Wildman–Crippen MR) is 86.0 cm³/mol. The number of aliphatic hydroxyl groups excluding tert-OH is 1. The summed E-state index contributed by atoms with van der Waals surface area (Å²) in [6.45, 7) is 0.267. The Balaban J connectivity index is 1.51. The van der Waals surface area contributed by atoms with Crippen molar-refractivity contribution in [1.29, 1.82) is 0 Å². The van der Waals surface area contributed by atoms with Gasteiger partial charge in [-0.2, -0.15) is 0 Å². The van der Waals surface area contributed by atoms with E-state index in [0.29, 0.717) is 6.61 Å². The summed E-state index contributed by atoms with van der Waals surface area (Å²) < 4.78 is 23.8. The average Bonchev–Trinajstić information content (AvgIpc) is 2.68. The number of rotatable bonds is 3. The topological polar surface area (TPSA) is 57.2 Å². The summed E-state index contributed by atoms with van der Waals surface area (Å²) in [5, 5.41) is 9.75. The van der Waals surface area contributed by atoms with Crippen molar-refractivity contribution in [3.05, 3.63) is 71.8 Å². The maximum absolute atomic E-state index is 9.75. The van der Waals surface area contributed by atoms with Gasteiger partial charge in [0.1, 0.15) is 18.3 Å². The molecule has 0 amide bonds. The molecule has 2 aliphatic rings. The zero-order valence-electron chi connectivity index (χ0n) is 13.2. The molecule has 2 fully saturated rings. The van der Waals surface area contributed by atoms with Crippen LogP contribution >= 0.6 is 0 Å². The Morgan fingerprint density at radius 1 is 0.792 bits per heavy atom. The molecular weight excluding hydrogens is 308 g/mol. The van der Waals surface area contributed by atoms with Gasteiger partial charge in [-0.3, -0.25) is 0 Å². The van der Waals surface area contributed by atoms with Crippen LogP contribution in [0.15, 0.2) is 60.7 Å². The van der Waals surface area contributed by atoms with Gasteiger partial charge in [-0.15, -0.1) is 0 Å². The van der Waals surface area contributed by atoms with Crippen LogP contribution in [0.1, 0.15) is 23.7 Å². The molecule has 0 unspecified atom stereocenters. The van der Waals surface area contributed by atoms with Gasteiger partial charge in [-0.25, -0.2) is 0 Å². The van der Waals surface area contributed by atoms with E-state index in [1.807, 2.05) is 60.7 Å². The van der Waals surface area contributed by atoms with Crippen molar-refractivity contribution >= 4 is 0 Å². The molecule has 0 bridgehead atoms. The minimum absolute atomic E-state index is 0.130. The quantitative estimate of drug-likeness (QED) is 0.938. The van der Waals surface area contributed by atoms with E-state index in [-0.39, 0.29) is 18.8 Å². The molecule has 0 radical (unpaired) electrons. The lowest BCUT2D eigenvalue weighted by Gasteiger charge is -2.45. The van der Waals surface area contributed by atoms with Crippen LogP contribution in [0.2, 0.25) is 0 Å². The van der Waals surface area contributed by atoms with E-state index in [1.54, 1.807) is 0 Å². The van der Waals surface area contributed by atoms with E-state index in [4.69, 9.17) is 18.9 Å². The molecular formula is C19H20O5. The molecule has 5 heteroatoms. The van der Waals surface area contributed by atoms with E-state index in [9.17, 15) is 5.11 Å². The van der Waals surface area contributed by atoms with E-state index in [1.165, 1.54) is 0 Å². The SMILES string of the molecule is OC[C@@H]1O[C@H](c2ccccc2)O[C@H]2CO[C@@H](c3ccccc3)O[C@@H]12. The highest BCUT2D eigenvalue weighted by Gasteiger charge is 2.45. The van der Waals surface area contributed by atoms with Crippen LogP contribution in [-0.2, 0) is 18.9 Å². The van der Waals surface area contributed by atoms with Crippen LogP contribution in [0.3, 0.4) is 0 Å². The predicted octanol–water partition coefficient (Wildman–Crippen LogP) is 2.58. The minimum atomic E-state index is -0.523. The van der Waals surface area contributed by atoms with Crippen molar-refractivity contribution in [2.45, 2.75) is 30.9 Å². The standard InChI is InChI=1S/C19H20O5/c20-11-15-17-16(23-19(22-15)14-9-5-2-6-10-14)12-21-18(24-17)13-7-3-1-4-8-13/h1-10,15-20H,11-12H2/t15-,16-,17-,18+,19-/m0/s1. The fourth-order valence-electron chi connectivity index (χ4n) is 3.12. The maximum Gasteiger partial charge on any atom is 0.184 e. The Morgan fingerprint density at radius 2 is 1.42 bits per heavy atom. The van der Waals surface area contributed by atoms with Crippen LogP contribution in [0.25, 0.3) is 0 Å². The Kier molecular flexibility index (Phi) is 4.60. The Morgan fingerprint density at radius 3 is 2.04 bits per heavy atom. The van der Waals surface area contributed by atoms with Crippen LogP contribution in [0.4, 0.5) is 0 Å². The maximum atomic E-state index is 9.75. The summed E-state index contributed by atoms with van der Waals surface area (Å²) in [7, 11) is 0. The molecule has 0 aromatic heterocycles. The van der Waals surface area contributed by atoms with Gasteiger partial charge >= 0.3 is 0 Å². The second kappa shape index (κ2) is 7.01. The fraction of sp³-hybridized carbons (Fsp3) is 0.368. The number of hydrogen-bond acceptors (Lipinski definition) is 5. The summed E-state index contributed by atoms with van der Waals surface area (Å²) in [6.07, 6.45) is -2.09. The van der Waals surface area contributed by atoms with Gasteiger partial charge in [-0.05, 0) is 0 Å². The second-order valence-electron chi connectivity index (χ2n) is 5.95. The monoisotopic (exact) mass is 328 g/mol. The number of ether oxygens (including phenoxy) is 4. The summed E-state index contributed by atoms with van der Waals surface area (Å²) in [4.78, 5) is 0. The number of fused-ring (bicyclic) bond motifs is 1. The van der Waals surface area contributed by atoms with E-state index in [0.717, 1.165) is 11.1 Å². The molecule has 2 aromatic rings. The van der Waals surface area contributed by atoms with Crippen LogP contribution in [0, 0.1) is 0 Å². The third-order valence-corrected chi connectivity index (χ3v) is 4.35. The summed E-state index contributed by atoms with van der Waals surface area (Å²) in [5.74, 6) is 0. The third-order valence-electron chi connectivity index (χ3n) is 4.35. The summed E-state index contributed by atoms with van der Waals surface area (Å²) in [6, 6.07) is 19.4. The lowest BCUT2D eigenvalue weighted by atomic mass is 10.0. The smallest absolute Gasteiger partial charge is 0.184 e. The summed E-state index contributed by atoms with van der Waals surface area (Å²) >= 11 is 0. The van der Waals surface area contributed by atoms with Crippen LogP contribution < -0.4 is 0 Å². The van der Waals surface area contributed by atoms with Crippen molar-refractivity contribution in [1.82, 2.24) is 0 Å². The fourth-order valence-corrected chi connectivity index (χ4v) is 3.12. The number of hydrogen-bond donors (Lipinski definition) is 1. The first-order valence-electron chi connectivity index (χ1n) is 8.14. The molecule has 2 heterocycles. The highest BCUT2D eigenvalue weighted by Crippen LogP contribution is 2.37. The molecule has 5 nitrogen and oxygen atoms in total. The third kappa shape index (κ3) is 3.09. The molecule has 1 N–H and O–H groups in total. The number of aliphatic hydroxyl groups is 1. The zero-order chi connectivity index (χ0) is 16.4. The van der Waals surface area contributed by atoms with Crippen molar-refractivity contribution in [3.63, 3.8) is 0 Å². The summed E-state index contributed by atoms with van der Waals surface area (Å²) in [5.41, 5.74) is 1.86. The molecule has 24 heavy (non-hydrogen) atoms. The molecule has 0 saturated carbocycles. The van der Waals surface area contributed by atoms with Gasteiger partial charge < -0.3 is 24.1 Å².